The van der Waals surface area contributed by atoms with Crippen molar-refractivity contribution in [1.82, 2.24) is 0 Å². The number of carbonyl (C=O) groups is 1. The molecule has 0 saturated carbocycles. The van der Waals surface area contributed by atoms with E-state index in [-0.39, 0.29) is 5.97 Å². The summed E-state index contributed by atoms with van der Waals surface area (Å²) in [6, 6.07) is 0. The molecule has 0 aliphatic carbocycles. The zero-order valence-electron chi connectivity index (χ0n) is 10.6. The predicted molar refractivity (Wildman–Crippen MR) is 67.9 cm³/mol. The lowest BCUT2D eigenvalue weighted by Crippen LogP contribution is -1.89. The Morgan fingerprint density at radius 2 is 1.81 bits per heavy atom. The first-order valence-electron chi connectivity index (χ1n) is 5.64. The highest BCUT2D eigenvalue weighted by Gasteiger charge is 1.92. The predicted octanol–water partition coefficient (Wildman–Crippen LogP) is 4.15. The number of hydrogen-bond donors (Lipinski definition) is 0. The van der Waals surface area contributed by atoms with E-state index in [0.29, 0.717) is 0 Å². The molecular weight excluding hydrogens is 200 g/mol. The second kappa shape index (κ2) is 8.96. The quantitative estimate of drug-likeness (QED) is 0.367. The highest BCUT2D eigenvalue weighted by atomic mass is 16.5. The van der Waals surface area contributed by atoms with Gasteiger partial charge >= 0.3 is 5.97 Å². The molecule has 0 N–H and O–H groups in total. The normalized spacial score (nSPS) is 10.2. The SMILES string of the molecule is C=C(CCC=C(C)C)CC/C=C\OC(C)=O. The third-order valence-electron chi connectivity index (χ3n) is 2.05. The lowest BCUT2D eigenvalue weighted by molar-refractivity contribution is -0.135. The number of rotatable bonds is 7. The number of carbonyl (C=O) groups excluding carboxylic acids is 1. The molecule has 0 amide bonds. The van der Waals surface area contributed by atoms with Crippen LogP contribution in [-0.2, 0) is 9.53 Å². The molecule has 0 aromatic rings. The molecular formula is C14H22O2. The average molecular weight is 222 g/mol. The average Bonchev–Trinajstić information content (AvgIpc) is 2.16. The van der Waals surface area contributed by atoms with Crippen LogP contribution >= 0.6 is 0 Å². The minimum absolute atomic E-state index is 0.279. The van der Waals surface area contributed by atoms with E-state index in [0.717, 1.165) is 25.7 Å². The summed E-state index contributed by atoms with van der Waals surface area (Å²) in [5.74, 6) is -0.279. The number of esters is 1. The maximum absolute atomic E-state index is 10.4. The van der Waals surface area contributed by atoms with Gasteiger partial charge in [0, 0.05) is 6.92 Å². The van der Waals surface area contributed by atoms with Crippen molar-refractivity contribution in [2.24, 2.45) is 0 Å². The maximum atomic E-state index is 10.4. The van der Waals surface area contributed by atoms with Crippen molar-refractivity contribution < 1.29 is 9.53 Å². The molecule has 0 aromatic heterocycles. The first-order valence-corrected chi connectivity index (χ1v) is 5.64. The van der Waals surface area contributed by atoms with Gasteiger partial charge in [-0.05, 0) is 45.6 Å². The van der Waals surface area contributed by atoms with Crippen LogP contribution < -0.4 is 0 Å². The number of hydrogen-bond acceptors (Lipinski definition) is 2. The van der Waals surface area contributed by atoms with E-state index in [1.807, 2.05) is 6.08 Å². The second-order valence-corrected chi connectivity index (χ2v) is 4.09. The van der Waals surface area contributed by atoms with Crippen molar-refractivity contribution in [3.05, 3.63) is 36.1 Å². The molecule has 0 atom stereocenters. The summed E-state index contributed by atoms with van der Waals surface area (Å²) in [5, 5.41) is 0. The summed E-state index contributed by atoms with van der Waals surface area (Å²) < 4.78 is 4.68. The number of allylic oxidation sites excluding steroid dienone is 4. The van der Waals surface area contributed by atoms with Crippen LogP contribution in [0.1, 0.15) is 46.5 Å². The van der Waals surface area contributed by atoms with E-state index < -0.39 is 0 Å². The van der Waals surface area contributed by atoms with Crippen molar-refractivity contribution in [3.63, 3.8) is 0 Å². The molecule has 0 rings (SSSR count). The Kier molecular flexibility index (Phi) is 8.22. The molecule has 0 aliphatic heterocycles. The topological polar surface area (TPSA) is 26.3 Å². The highest BCUT2D eigenvalue weighted by molar-refractivity contribution is 5.66. The fourth-order valence-electron chi connectivity index (χ4n) is 1.19. The summed E-state index contributed by atoms with van der Waals surface area (Å²) in [6.45, 7) is 9.61. The smallest absolute Gasteiger partial charge is 0.307 e. The molecule has 0 fully saturated rings. The molecule has 0 unspecified atom stereocenters. The van der Waals surface area contributed by atoms with Gasteiger partial charge in [-0.2, -0.15) is 0 Å². The Morgan fingerprint density at radius 3 is 2.38 bits per heavy atom. The monoisotopic (exact) mass is 222 g/mol. The van der Waals surface area contributed by atoms with Gasteiger partial charge in [0.1, 0.15) is 0 Å². The molecule has 2 nitrogen and oxygen atoms in total. The molecule has 0 bridgehead atoms. The van der Waals surface area contributed by atoms with Gasteiger partial charge in [0.05, 0.1) is 6.26 Å². The van der Waals surface area contributed by atoms with Crippen molar-refractivity contribution in [3.8, 4) is 0 Å². The fourth-order valence-corrected chi connectivity index (χ4v) is 1.19. The van der Waals surface area contributed by atoms with Gasteiger partial charge in [0.15, 0.2) is 0 Å². The Morgan fingerprint density at radius 1 is 1.19 bits per heavy atom. The van der Waals surface area contributed by atoms with Crippen LogP contribution in [0, 0.1) is 0 Å². The van der Waals surface area contributed by atoms with Crippen LogP contribution in [0.3, 0.4) is 0 Å². The minimum Gasteiger partial charge on any atom is -0.435 e. The van der Waals surface area contributed by atoms with Crippen molar-refractivity contribution >= 4 is 5.97 Å². The molecule has 0 saturated heterocycles. The van der Waals surface area contributed by atoms with Crippen LogP contribution in [0.25, 0.3) is 0 Å². The summed E-state index contributed by atoms with van der Waals surface area (Å²) in [5.41, 5.74) is 2.59. The van der Waals surface area contributed by atoms with E-state index in [1.54, 1.807) is 0 Å². The number of ether oxygens (including phenoxy) is 1. The molecule has 90 valence electrons. The second-order valence-electron chi connectivity index (χ2n) is 4.09. The Balaban J connectivity index is 3.54. The van der Waals surface area contributed by atoms with Gasteiger partial charge in [-0.25, -0.2) is 0 Å². The van der Waals surface area contributed by atoms with Gasteiger partial charge in [-0.1, -0.05) is 23.8 Å². The molecule has 0 aromatic carbocycles. The molecule has 0 heterocycles. The van der Waals surface area contributed by atoms with Crippen molar-refractivity contribution in [1.29, 1.82) is 0 Å². The van der Waals surface area contributed by atoms with Crippen LogP contribution in [0.4, 0.5) is 0 Å². The Hall–Kier alpha value is -1.31. The third kappa shape index (κ3) is 10.8. The van der Waals surface area contributed by atoms with E-state index in [1.165, 1.54) is 24.3 Å². The first kappa shape index (κ1) is 14.7. The summed E-state index contributed by atoms with van der Waals surface area (Å²) >= 11 is 0. The zero-order chi connectivity index (χ0) is 12.4. The van der Waals surface area contributed by atoms with E-state index in [9.17, 15) is 4.79 Å². The van der Waals surface area contributed by atoms with Crippen molar-refractivity contribution in [2.75, 3.05) is 0 Å². The maximum Gasteiger partial charge on any atom is 0.307 e. The van der Waals surface area contributed by atoms with Gasteiger partial charge in [0.25, 0.3) is 0 Å². The lowest BCUT2D eigenvalue weighted by atomic mass is 10.1. The van der Waals surface area contributed by atoms with Crippen LogP contribution in [-0.4, -0.2) is 5.97 Å². The van der Waals surface area contributed by atoms with Crippen molar-refractivity contribution in [2.45, 2.75) is 46.5 Å². The largest absolute Gasteiger partial charge is 0.435 e. The van der Waals surface area contributed by atoms with Crippen LogP contribution in [0.2, 0.25) is 0 Å². The summed E-state index contributed by atoms with van der Waals surface area (Å²) in [6.07, 6.45) is 9.45. The standard InChI is InChI=1S/C14H22O2/c1-12(2)8-7-10-13(3)9-5-6-11-16-14(4)15/h6,8,11H,3,5,7,9-10H2,1-2,4H3/b11-6-. The minimum atomic E-state index is -0.279. The molecule has 0 radical (unpaired) electrons. The van der Waals surface area contributed by atoms with E-state index in [4.69, 9.17) is 0 Å². The van der Waals surface area contributed by atoms with E-state index in [2.05, 4.69) is 31.2 Å². The van der Waals surface area contributed by atoms with Gasteiger partial charge in [-0.15, -0.1) is 0 Å². The van der Waals surface area contributed by atoms with Gasteiger partial charge in [0.2, 0.25) is 0 Å². The fraction of sp³-hybridized carbons (Fsp3) is 0.500. The summed E-state index contributed by atoms with van der Waals surface area (Å²) in [4.78, 5) is 10.4. The lowest BCUT2D eigenvalue weighted by Gasteiger charge is -2.01. The first-order chi connectivity index (χ1) is 7.52. The zero-order valence-corrected chi connectivity index (χ0v) is 10.6. The Labute approximate surface area is 98.7 Å². The molecule has 2 heteroatoms. The highest BCUT2D eigenvalue weighted by Crippen LogP contribution is 2.11. The van der Waals surface area contributed by atoms with Gasteiger partial charge in [-0.3, -0.25) is 4.79 Å². The summed E-state index contributed by atoms with van der Waals surface area (Å²) in [7, 11) is 0. The molecule has 0 aliphatic rings. The van der Waals surface area contributed by atoms with Crippen LogP contribution in [0.5, 0.6) is 0 Å². The molecule has 16 heavy (non-hydrogen) atoms. The Bertz CT molecular complexity index is 281. The van der Waals surface area contributed by atoms with Gasteiger partial charge < -0.3 is 4.74 Å². The van der Waals surface area contributed by atoms with Crippen LogP contribution in [0.15, 0.2) is 36.1 Å². The third-order valence-corrected chi connectivity index (χ3v) is 2.05. The van der Waals surface area contributed by atoms with E-state index >= 15 is 0 Å². The molecule has 0 spiro atoms.